The van der Waals surface area contributed by atoms with E-state index in [1.54, 1.807) is 41.7 Å². The van der Waals surface area contributed by atoms with E-state index in [0.717, 1.165) is 0 Å². The van der Waals surface area contributed by atoms with Gasteiger partial charge in [0, 0.05) is 12.1 Å². The zero-order valence-electron chi connectivity index (χ0n) is 9.59. The van der Waals surface area contributed by atoms with Gasteiger partial charge in [0.05, 0.1) is 18.2 Å². The van der Waals surface area contributed by atoms with E-state index in [1.165, 1.54) is 0 Å². The van der Waals surface area contributed by atoms with Gasteiger partial charge in [-0.1, -0.05) is 23.2 Å². The first kappa shape index (κ1) is 12.1. The van der Waals surface area contributed by atoms with Crippen LogP contribution in [0.3, 0.4) is 0 Å². The standard InChI is InChI=1S/C13H8Cl2N2O2/c14-10-7-9(8-11(15)16-10)17(12-3-1-5-18-12)13-4-2-6-19-13/h1-8H. The molecule has 0 N–H and O–H groups in total. The number of halogens is 2. The fourth-order valence-corrected chi connectivity index (χ4v) is 2.19. The number of hydrogen-bond acceptors (Lipinski definition) is 4. The highest BCUT2D eigenvalue weighted by molar-refractivity contribution is 6.32. The van der Waals surface area contributed by atoms with Gasteiger partial charge < -0.3 is 8.83 Å². The van der Waals surface area contributed by atoms with Crippen LogP contribution in [0.4, 0.5) is 17.5 Å². The van der Waals surface area contributed by atoms with Gasteiger partial charge >= 0.3 is 0 Å². The van der Waals surface area contributed by atoms with E-state index in [1.807, 2.05) is 12.1 Å². The zero-order valence-corrected chi connectivity index (χ0v) is 11.1. The lowest BCUT2D eigenvalue weighted by atomic mass is 10.3. The lowest BCUT2D eigenvalue weighted by Gasteiger charge is -2.19. The van der Waals surface area contributed by atoms with Gasteiger partial charge in [0.2, 0.25) is 11.8 Å². The number of rotatable bonds is 3. The van der Waals surface area contributed by atoms with Gasteiger partial charge in [-0.3, -0.25) is 4.90 Å². The minimum Gasteiger partial charge on any atom is -0.448 e. The van der Waals surface area contributed by atoms with Crippen LogP contribution >= 0.6 is 23.2 Å². The molecule has 3 rings (SSSR count). The largest absolute Gasteiger partial charge is 0.448 e. The van der Waals surface area contributed by atoms with E-state index in [9.17, 15) is 0 Å². The second kappa shape index (κ2) is 4.99. The van der Waals surface area contributed by atoms with Crippen LogP contribution in [0.15, 0.2) is 57.8 Å². The molecule has 0 radical (unpaired) electrons. The molecule has 3 aromatic rings. The molecule has 0 bridgehead atoms. The topological polar surface area (TPSA) is 42.4 Å². The summed E-state index contributed by atoms with van der Waals surface area (Å²) in [4.78, 5) is 5.67. The van der Waals surface area contributed by atoms with E-state index < -0.39 is 0 Å². The first-order chi connectivity index (χ1) is 9.24. The Morgan fingerprint density at radius 3 is 1.84 bits per heavy atom. The highest BCUT2D eigenvalue weighted by Crippen LogP contribution is 2.36. The molecular weight excluding hydrogens is 287 g/mol. The van der Waals surface area contributed by atoms with Gasteiger partial charge in [0.25, 0.3) is 0 Å². The predicted octanol–water partition coefficient (Wildman–Crippen LogP) is 5.04. The summed E-state index contributed by atoms with van der Waals surface area (Å²) in [6, 6.07) is 10.6. The number of hydrogen-bond donors (Lipinski definition) is 0. The Morgan fingerprint density at radius 1 is 0.895 bits per heavy atom. The van der Waals surface area contributed by atoms with E-state index in [2.05, 4.69) is 4.98 Å². The van der Waals surface area contributed by atoms with Crippen LogP contribution in [0.5, 0.6) is 0 Å². The monoisotopic (exact) mass is 294 g/mol. The summed E-state index contributed by atoms with van der Waals surface area (Å²) < 4.78 is 10.8. The molecule has 0 aliphatic rings. The van der Waals surface area contributed by atoms with Crippen molar-refractivity contribution in [1.29, 1.82) is 0 Å². The normalized spacial score (nSPS) is 10.6. The lowest BCUT2D eigenvalue weighted by Crippen LogP contribution is -2.08. The van der Waals surface area contributed by atoms with Gasteiger partial charge in [-0.15, -0.1) is 0 Å². The summed E-state index contributed by atoms with van der Waals surface area (Å²) in [6.45, 7) is 0. The third-order valence-electron chi connectivity index (χ3n) is 2.46. The molecule has 0 amide bonds. The van der Waals surface area contributed by atoms with Gasteiger partial charge in [-0.05, 0) is 24.3 Å². The highest BCUT2D eigenvalue weighted by Gasteiger charge is 2.18. The van der Waals surface area contributed by atoms with Crippen molar-refractivity contribution in [3.8, 4) is 0 Å². The Labute approximate surface area is 119 Å². The average molecular weight is 295 g/mol. The van der Waals surface area contributed by atoms with Crippen LogP contribution in [0.25, 0.3) is 0 Å². The summed E-state index contributed by atoms with van der Waals surface area (Å²) in [5, 5.41) is 0.594. The molecule has 0 saturated heterocycles. The van der Waals surface area contributed by atoms with E-state index >= 15 is 0 Å². The van der Waals surface area contributed by atoms with Crippen LogP contribution in [0.1, 0.15) is 0 Å². The molecule has 0 spiro atoms. The molecule has 19 heavy (non-hydrogen) atoms. The van der Waals surface area contributed by atoms with E-state index in [0.29, 0.717) is 27.8 Å². The van der Waals surface area contributed by atoms with Crippen LogP contribution in [0, 0.1) is 0 Å². The van der Waals surface area contributed by atoms with Gasteiger partial charge in [0.15, 0.2) is 0 Å². The van der Waals surface area contributed by atoms with Crippen molar-refractivity contribution in [3.05, 3.63) is 59.2 Å². The minimum absolute atomic E-state index is 0.297. The number of pyridine rings is 1. The Morgan fingerprint density at radius 2 is 1.42 bits per heavy atom. The second-order valence-corrected chi connectivity index (χ2v) is 4.48. The molecule has 0 fully saturated rings. The first-order valence-corrected chi connectivity index (χ1v) is 6.20. The molecule has 0 aliphatic heterocycles. The van der Waals surface area contributed by atoms with Gasteiger partial charge in [-0.25, -0.2) is 4.98 Å². The zero-order chi connectivity index (χ0) is 13.2. The molecule has 0 aromatic carbocycles. The maximum absolute atomic E-state index is 5.93. The summed E-state index contributed by atoms with van der Waals surface area (Å²) in [6.07, 6.45) is 3.16. The molecule has 0 unspecified atom stereocenters. The van der Waals surface area contributed by atoms with Gasteiger partial charge in [0.1, 0.15) is 10.3 Å². The minimum atomic E-state index is 0.297. The SMILES string of the molecule is Clc1cc(N(c2ccco2)c2ccco2)cc(Cl)n1. The maximum atomic E-state index is 5.93. The fraction of sp³-hybridized carbons (Fsp3) is 0. The Kier molecular flexibility index (Phi) is 3.19. The van der Waals surface area contributed by atoms with Crippen molar-refractivity contribution in [1.82, 2.24) is 4.98 Å². The number of furan rings is 2. The molecule has 0 atom stereocenters. The van der Waals surface area contributed by atoms with Crippen LogP contribution < -0.4 is 4.90 Å². The molecule has 4 nitrogen and oxygen atoms in total. The quantitative estimate of drug-likeness (QED) is 0.634. The summed E-state index contributed by atoms with van der Waals surface area (Å²) in [5.41, 5.74) is 0.704. The average Bonchev–Trinajstić information content (AvgIpc) is 3.01. The van der Waals surface area contributed by atoms with Crippen molar-refractivity contribution >= 4 is 40.7 Å². The Hall–Kier alpha value is -1.91. The number of anilines is 3. The van der Waals surface area contributed by atoms with Crippen molar-refractivity contribution in [3.63, 3.8) is 0 Å². The second-order valence-electron chi connectivity index (χ2n) is 3.71. The van der Waals surface area contributed by atoms with Crippen LogP contribution in [-0.2, 0) is 0 Å². The van der Waals surface area contributed by atoms with Crippen molar-refractivity contribution < 1.29 is 8.83 Å². The van der Waals surface area contributed by atoms with Crippen molar-refractivity contribution in [2.24, 2.45) is 0 Å². The third kappa shape index (κ3) is 2.45. The smallest absolute Gasteiger partial charge is 0.206 e. The molecule has 3 aromatic heterocycles. The molecule has 0 aliphatic carbocycles. The molecule has 0 saturated carbocycles. The lowest BCUT2D eigenvalue weighted by molar-refractivity contribution is 0.539. The van der Waals surface area contributed by atoms with E-state index in [4.69, 9.17) is 32.0 Å². The predicted molar refractivity (Wildman–Crippen MR) is 73.5 cm³/mol. The Bertz CT molecular complexity index is 612. The molecule has 6 heteroatoms. The molecule has 3 heterocycles. The summed E-state index contributed by atoms with van der Waals surface area (Å²) in [7, 11) is 0. The maximum Gasteiger partial charge on any atom is 0.206 e. The van der Waals surface area contributed by atoms with Gasteiger partial charge in [-0.2, -0.15) is 0 Å². The van der Waals surface area contributed by atoms with Crippen LogP contribution in [-0.4, -0.2) is 4.98 Å². The van der Waals surface area contributed by atoms with Crippen molar-refractivity contribution in [2.75, 3.05) is 4.90 Å². The number of nitrogens with zero attached hydrogens (tertiary/aromatic N) is 2. The van der Waals surface area contributed by atoms with E-state index in [-0.39, 0.29) is 0 Å². The summed E-state index contributed by atoms with van der Waals surface area (Å²) in [5.74, 6) is 1.18. The fourth-order valence-electron chi connectivity index (χ4n) is 1.74. The molecular formula is C13H8Cl2N2O2. The highest BCUT2D eigenvalue weighted by atomic mass is 35.5. The summed E-state index contributed by atoms with van der Waals surface area (Å²) >= 11 is 11.9. The Balaban J connectivity index is 2.14. The third-order valence-corrected chi connectivity index (χ3v) is 2.85. The molecule has 96 valence electrons. The first-order valence-electron chi connectivity index (χ1n) is 5.44. The van der Waals surface area contributed by atoms with Crippen molar-refractivity contribution in [2.45, 2.75) is 0 Å². The van der Waals surface area contributed by atoms with Crippen LogP contribution in [0.2, 0.25) is 10.3 Å². The number of aromatic nitrogens is 1.